The zero-order valence-corrected chi connectivity index (χ0v) is 17.3. The Morgan fingerprint density at radius 2 is 1.74 bits per heavy atom. The van der Waals surface area contributed by atoms with Gasteiger partial charge in [-0.3, -0.25) is 10.2 Å². The van der Waals surface area contributed by atoms with E-state index in [0.29, 0.717) is 14.9 Å². The molecule has 0 saturated carbocycles. The molecule has 1 atom stereocenters. The second-order valence-electron chi connectivity index (χ2n) is 6.55. The van der Waals surface area contributed by atoms with Crippen LogP contribution in [-0.4, -0.2) is 60.1 Å². The molecule has 31 heavy (non-hydrogen) atoms. The van der Waals surface area contributed by atoms with Crippen LogP contribution in [0.15, 0.2) is 48.7 Å². The van der Waals surface area contributed by atoms with E-state index in [9.17, 15) is 14.7 Å². The number of carbonyl (C=O) groups excluding carboxylic acids is 1. The molecule has 12 heteroatoms. The number of rotatable bonds is 8. The fraction of sp³-hybridized carbons (Fsp3) is 0.158. The zero-order valence-electron chi connectivity index (χ0n) is 15.8. The minimum absolute atomic E-state index is 0.0833. The van der Waals surface area contributed by atoms with Crippen molar-refractivity contribution in [3.63, 3.8) is 0 Å². The summed E-state index contributed by atoms with van der Waals surface area (Å²) in [6, 6.07) is 12.4. The molecule has 0 saturated heterocycles. The molecule has 1 unspecified atom stereocenters. The van der Waals surface area contributed by atoms with E-state index < -0.39 is 18.0 Å². The highest BCUT2D eigenvalue weighted by Crippen LogP contribution is 2.27. The van der Waals surface area contributed by atoms with Crippen molar-refractivity contribution in [1.82, 2.24) is 25.6 Å². The largest absolute Gasteiger partial charge is 0.479 e. The van der Waals surface area contributed by atoms with Crippen LogP contribution in [-0.2, 0) is 11.3 Å². The number of aliphatic hydroxyl groups is 1. The summed E-state index contributed by atoms with van der Waals surface area (Å²) in [6.07, 6.45) is -0.756. The van der Waals surface area contributed by atoms with Crippen LogP contribution in [0.3, 0.4) is 0 Å². The van der Waals surface area contributed by atoms with Gasteiger partial charge in [-0.05, 0) is 40.1 Å². The van der Waals surface area contributed by atoms with Crippen molar-refractivity contribution in [3.8, 4) is 11.1 Å². The highest BCUT2D eigenvalue weighted by atomic mass is 35.5. The van der Waals surface area contributed by atoms with Gasteiger partial charge in [0, 0.05) is 16.6 Å². The fourth-order valence-electron chi connectivity index (χ4n) is 2.74. The molecule has 10 nitrogen and oxygen atoms in total. The van der Waals surface area contributed by atoms with Gasteiger partial charge in [0.05, 0.1) is 12.7 Å². The molecule has 0 bridgehead atoms. The number of benzene rings is 2. The maximum absolute atomic E-state index is 12.3. The number of aliphatic hydroxyl groups excluding tert-OH is 1. The van der Waals surface area contributed by atoms with Crippen LogP contribution in [0.4, 0.5) is 0 Å². The van der Waals surface area contributed by atoms with Crippen molar-refractivity contribution in [2.45, 2.75) is 12.6 Å². The molecule has 4 N–H and O–H groups in total. The van der Waals surface area contributed by atoms with Gasteiger partial charge in [0.1, 0.15) is 0 Å². The normalized spacial score (nSPS) is 12.0. The van der Waals surface area contributed by atoms with E-state index in [-0.39, 0.29) is 18.8 Å². The van der Waals surface area contributed by atoms with Gasteiger partial charge in [0.25, 0.3) is 5.91 Å². The summed E-state index contributed by atoms with van der Waals surface area (Å²) < 4.78 is 0. The van der Waals surface area contributed by atoms with Gasteiger partial charge in [-0.2, -0.15) is 0 Å². The Morgan fingerprint density at radius 1 is 1.10 bits per heavy atom. The van der Waals surface area contributed by atoms with E-state index in [1.165, 1.54) is 5.01 Å². The predicted molar refractivity (Wildman–Crippen MR) is 111 cm³/mol. The van der Waals surface area contributed by atoms with E-state index >= 15 is 0 Å². The number of nitrogens with one attached hydrogen (secondary N) is 1. The molecule has 1 amide bonds. The second kappa shape index (κ2) is 9.75. The quantitative estimate of drug-likeness (QED) is 0.292. The van der Waals surface area contributed by atoms with Crippen molar-refractivity contribution in [2.24, 2.45) is 0 Å². The lowest BCUT2D eigenvalue weighted by atomic mass is 10.0. The number of carbonyl (C=O) groups is 2. The van der Waals surface area contributed by atoms with Gasteiger partial charge >= 0.3 is 5.97 Å². The van der Waals surface area contributed by atoms with Gasteiger partial charge in [0.2, 0.25) is 0 Å². The molecule has 3 aromatic rings. The van der Waals surface area contributed by atoms with Crippen LogP contribution in [0.5, 0.6) is 0 Å². The summed E-state index contributed by atoms with van der Waals surface area (Å²) in [7, 11) is 0. The van der Waals surface area contributed by atoms with Gasteiger partial charge in [-0.25, -0.2) is 9.80 Å². The molecular formula is C19H17Cl2N5O5. The molecule has 0 radical (unpaired) electrons. The average Bonchev–Trinajstić information content (AvgIpc) is 3.14. The summed E-state index contributed by atoms with van der Waals surface area (Å²) >= 11 is 12.1. The number of aromatic nitrogens is 3. The first-order valence-electron chi connectivity index (χ1n) is 8.85. The van der Waals surface area contributed by atoms with E-state index in [4.69, 9.17) is 33.5 Å². The molecule has 1 heterocycles. The molecule has 162 valence electrons. The van der Waals surface area contributed by atoms with Crippen molar-refractivity contribution < 1.29 is 25.0 Å². The highest BCUT2D eigenvalue weighted by molar-refractivity contribution is 6.35. The first-order valence-corrected chi connectivity index (χ1v) is 9.60. The maximum atomic E-state index is 12.3. The SMILES string of the molecule is O=C(NN(Cc1ccc(-c2cc(Cl)cc(Cl)c2)cc1)CC(O)C(=O)O)c1cn(O)nn1. The number of halogens is 2. The molecule has 0 aliphatic rings. The first kappa shape index (κ1) is 22.5. The number of hydrogen-bond acceptors (Lipinski definition) is 7. The number of carboxylic acids is 1. The summed E-state index contributed by atoms with van der Waals surface area (Å²) in [5.41, 5.74) is 4.66. The van der Waals surface area contributed by atoms with Crippen LogP contribution < -0.4 is 5.43 Å². The highest BCUT2D eigenvalue weighted by Gasteiger charge is 2.21. The van der Waals surface area contributed by atoms with Gasteiger partial charge in [0.15, 0.2) is 11.8 Å². The Morgan fingerprint density at radius 3 is 2.29 bits per heavy atom. The third-order valence-corrected chi connectivity index (χ3v) is 4.61. The lowest BCUT2D eigenvalue weighted by Gasteiger charge is -2.24. The van der Waals surface area contributed by atoms with Gasteiger partial charge in [-0.1, -0.05) is 52.3 Å². The number of hydrazine groups is 1. The smallest absolute Gasteiger partial charge is 0.333 e. The molecule has 3 rings (SSSR count). The van der Waals surface area contributed by atoms with E-state index in [1.54, 1.807) is 30.3 Å². The lowest BCUT2D eigenvalue weighted by molar-refractivity contribution is -0.148. The Labute approximate surface area is 186 Å². The van der Waals surface area contributed by atoms with Crippen LogP contribution >= 0.6 is 23.2 Å². The van der Waals surface area contributed by atoms with Crippen LogP contribution in [0.2, 0.25) is 10.0 Å². The van der Waals surface area contributed by atoms with E-state index in [0.717, 1.165) is 22.9 Å². The van der Waals surface area contributed by atoms with Gasteiger partial charge in [-0.15, -0.1) is 5.10 Å². The van der Waals surface area contributed by atoms with Crippen molar-refractivity contribution in [3.05, 3.63) is 70.0 Å². The third-order valence-electron chi connectivity index (χ3n) is 4.18. The minimum atomic E-state index is -1.73. The van der Waals surface area contributed by atoms with E-state index in [1.807, 2.05) is 12.1 Å². The number of nitrogens with zero attached hydrogens (tertiary/aromatic N) is 4. The fourth-order valence-corrected chi connectivity index (χ4v) is 3.27. The van der Waals surface area contributed by atoms with Crippen molar-refractivity contribution >= 4 is 35.1 Å². The number of hydrogen-bond donors (Lipinski definition) is 4. The zero-order chi connectivity index (χ0) is 22.5. The Balaban J connectivity index is 1.76. The second-order valence-corrected chi connectivity index (χ2v) is 7.43. The molecule has 0 spiro atoms. The molecule has 1 aromatic heterocycles. The van der Waals surface area contributed by atoms with E-state index in [2.05, 4.69) is 15.7 Å². The standard InChI is InChI=1S/C19H17Cl2N5O5/c20-14-5-13(6-15(21)7-14)12-3-1-11(2-4-12)8-25(10-17(27)19(29)30)23-18(28)16-9-26(31)24-22-16/h1-7,9,17,27,31H,8,10H2,(H,23,28)(H,29,30). The topological polar surface area (TPSA) is 141 Å². The van der Waals surface area contributed by atoms with Crippen LogP contribution in [0.25, 0.3) is 11.1 Å². The van der Waals surface area contributed by atoms with Gasteiger partial charge < -0.3 is 15.4 Å². The number of aliphatic carboxylic acids is 1. The molecule has 2 aromatic carbocycles. The Hall–Kier alpha value is -3.18. The maximum Gasteiger partial charge on any atom is 0.333 e. The predicted octanol–water partition coefficient (Wildman–Crippen LogP) is 2.08. The summed E-state index contributed by atoms with van der Waals surface area (Å²) in [5.74, 6) is -2.17. The molecule has 0 aliphatic carbocycles. The van der Waals surface area contributed by atoms with Crippen LogP contribution in [0, 0.1) is 0 Å². The van der Waals surface area contributed by atoms with Crippen molar-refractivity contribution in [2.75, 3.05) is 6.54 Å². The molecular weight excluding hydrogens is 449 g/mol. The third kappa shape index (κ3) is 6.15. The monoisotopic (exact) mass is 465 g/mol. The Bertz CT molecular complexity index is 1070. The summed E-state index contributed by atoms with van der Waals surface area (Å²) in [4.78, 5) is 23.7. The molecule has 0 aliphatic heterocycles. The lowest BCUT2D eigenvalue weighted by Crippen LogP contribution is -2.47. The first-order chi connectivity index (χ1) is 14.7. The summed E-state index contributed by atoms with van der Waals surface area (Å²) in [5, 5.41) is 36.8. The number of amides is 1. The Kier molecular flexibility index (Phi) is 7.08. The molecule has 0 fully saturated rings. The van der Waals surface area contributed by atoms with Crippen molar-refractivity contribution in [1.29, 1.82) is 0 Å². The minimum Gasteiger partial charge on any atom is -0.479 e. The number of carboxylic acid groups (broad SMARTS) is 1. The summed E-state index contributed by atoms with van der Waals surface area (Å²) in [6.45, 7) is -0.306. The van der Waals surface area contributed by atoms with Crippen LogP contribution in [0.1, 0.15) is 16.1 Å². The average molecular weight is 466 g/mol.